The van der Waals surface area contributed by atoms with Crippen molar-refractivity contribution >= 4 is 0 Å². The van der Waals surface area contributed by atoms with E-state index in [4.69, 9.17) is 4.74 Å². The molecule has 2 N–H and O–H groups in total. The summed E-state index contributed by atoms with van der Waals surface area (Å²) in [4.78, 5) is 2.28. The van der Waals surface area contributed by atoms with Crippen molar-refractivity contribution in [2.24, 2.45) is 0 Å². The van der Waals surface area contributed by atoms with Crippen LogP contribution in [0.2, 0.25) is 0 Å². The number of aliphatic hydroxyl groups excluding tert-OH is 2. The summed E-state index contributed by atoms with van der Waals surface area (Å²) in [5.41, 5.74) is 3.96. The highest BCUT2D eigenvalue weighted by atomic mass is 19.1. The van der Waals surface area contributed by atoms with Crippen molar-refractivity contribution in [1.29, 1.82) is 0 Å². The van der Waals surface area contributed by atoms with E-state index in [2.05, 4.69) is 23.1 Å². The van der Waals surface area contributed by atoms with Crippen LogP contribution in [0, 0.1) is 5.82 Å². The Bertz CT molecular complexity index is 907. The van der Waals surface area contributed by atoms with Crippen LogP contribution in [-0.2, 0) is 12.8 Å². The average molecular weight is 397 g/mol. The van der Waals surface area contributed by atoms with Gasteiger partial charge in [0.15, 0.2) is 0 Å². The molecule has 2 aromatic carbocycles. The van der Waals surface area contributed by atoms with E-state index in [0.717, 1.165) is 44.3 Å². The molecule has 2 aromatic rings. The number of nitrogens with zero attached hydrogens (tertiary/aromatic N) is 1. The Morgan fingerprint density at radius 3 is 2.72 bits per heavy atom. The Morgan fingerprint density at radius 2 is 1.90 bits per heavy atom. The van der Waals surface area contributed by atoms with Gasteiger partial charge >= 0.3 is 0 Å². The molecule has 2 atom stereocenters. The smallest absolute Gasteiger partial charge is 0.126 e. The van der Waals surface area contributed by atoms with Gasteiger partial charge in [-0.25, -0.2) is 4.39 Å². The third-order valence-electron chi connectivity index (χ3n) is 6.93. The minimum Gasteiger partial charge on any atom is -0.487 e. The summed E-state index contributed by atoms with van der Waals surface area (Å²) < 4.78 is 19.7. The maximum atomic E-state index is 13.5. The summed E-state index contributed by atoms with van der Waals surface area (Å²) in [6.45, 7) is 2.23. The zero-order valence-electron chi connectivity index (χ0n) is 16.6. The molecule has 0 amide bonds. The second-order valence-electron chi connectivity index (χ2n) is 8.89. The molecule has 2 heterocycles. The van der Waals surface area contributed by atoms with Gasteiger partial charge < -0.3 is 19.8 Å². The van der Waals surface area contributed by atoms with Crippen molar-refractivity contribution in [2.45, 2.75) is 56.3 Å². The van der Waals surface area contributed by atoms with Crippen molar-refractivity contribution in [3.8, 4) is 5.75 Å². The maximum absolute atomic E-state index is 13.5. The summed E-state index contributed by atoms with van der Waals surface area (Å²) in [5.74, 6) is 0.245. The van der Waals surface area contributed by atoms with Crippen LogP contribution < -0.4 is 4.74 Å². The van der Waals surface area contributed by atoms with Crippen LogP contribution in [-0.4, -0.2) is 40.3 Å². The van der Waals surface area contributed by atoms with E-state index in [0.29, 0.717) is 24.3 Å². The summed E-state index contributed by atoms with van der Waals surface area (Å²) in [5, 5.41) is 21.3. The fraction of sp³-hybridized carbons (Fsp3) is 0.500. The molecule has 0 aromatic heterocycles. The number of aliphatic hydroxyl groups is 2. The third-order valence-corrected chi connectivity index (χ3v) is 6.93. The monoisotopic (exact) mass is 397 g/mol. The molecule has 3 aliphatic rings. The van der Waals surface area contributed by atoms with Crippen LogP contribution >= 0.6 is 0 Å². The number of ether oxygens (including phenoxy) is 1. The fourth-order valence-corrected chi connectivity index (χ4v) is 5.21. The van der Waals surface area contributed by atoms with Crippen molar-refractivity contribution in [3.63, 3.8) is 0 Å². The molecule has 2 aliphatic heterocycles. The lowest BCUT2D eigenvalue weighted by Gasteiger charge is -2.46. The minimum atomic E-state index is -0.696. The molecule has 4 nitrogen and oxygen atoms in total. The van der Waals surface area contributed by atoms with Crippen LogP contribution in [0.1, 0.15) is 60.1 Å². The highest BCUT2D eigenvalue weighted by Crippen LogP contribution is 2.44. The molecular formula is C24H28FNO3. The van der Waals surface area contributed by atoms with Crippen LogP contribution in [0.25, 0.3) is 0 Å². The molecule has 0 bridgehead atoms. The Morgan fingerprint density at radius 1 is 1.10 bits per heavy atom. The first-order valence-corrected chi connectivity index (χ1v) is 10.7. The number of rotatable bonds is 3. The summed E-state index contributed by atoms with van der Waals surface area (Å²) in [6, 6.07) is 10.8. The minimum absolute atomic E-state index is 0.349. The molecule has 5 heteroatoms. The van der Waals surface area contributed by atoms with Crippen molar-refractivity contribution < 1.29 is 19.3 Å². The lowest BCUT2D eigenvalue weighted by Crippen LogP contribution is -2.51. The van der Waals surface area contributed by atoms with Crippen LogP contribution in [0.5, 0.6) is 5.75 Å². The molecule has 1 saturated heterocycles. The second-order valence-corrected chi connectivity index (χ2v) is 8.89. The summed E-state index contributed by atoms with van der Waals surface area (Å²) in [7, 11) is 0. The molecule has 1 fully saturated rings. The van der Waals surface area contributed by atoms with Gasteiger partial charge in [-0.15, -0.1) is 0 Å². The SMILES string of the molecule is O[C@H](CN1CCC2(CC1)C[C@H](O)c1cc(F)ccc1O2)c1ccc2c(c1)CCC2. The largest absolute Gasteiger partial charge is 0.487 e. The van der Waals surface area contributed by atoms with Crippen molar-refractivity contribution in [3.05, 3.63) is 64.5 Å². The van der Waals surface area contributed by atoms with Gasteiger partial charge in [-0.3, -0.25) is 0 Å². The second kappa shape index (κ2) is 7.38. The predicted molar refractivity (Wildman–Crippen MR) is 108 cm³/mol. The average Bonchev–Trinajstić information content (AvgIpc) is 3.18. The zero-order chi connectivity index (χ0) is 20.0. The molecule has 154 valence electrons. The summed E-state index contributed by atoms with van der Waals surface area (Å²) >= 11 is 0. The molecule has 29 heavy (non-hydrogen) atoms. The van der Waals surface area contributed by atoms with Crippen LogP contribution in [0.15, 0.2) is 36.4 Å². The lowest BCUT2D eigenvalue weighted by atomic mass is 9.81. The standard InChI is InChI=1S/C24H28FNO3/c25-19-6-7-23-20(13-19)21(27)14-24(29-23)8-10-26(11-9-24)15-22(28)18-5-4-16-2-1-3-17(16)12-18/h4-7,12-13,21-22,27-28H,1-3,8-11,14-15H2/t21-,22+/m0/s1. The number of hydrogen-bond acceptors (Lipinski definition) is 4. The third kappa shape index (κ3) is 3.67. The summed E-state index contributed by atoms with van der Waals surface area (Å²) in [6.07, 6.45) is 4.37. The first-order chi connectivity index (χ1) is 14.0. The van der Waals surface area contributed by atoms with Gasteiger partial charge in [-0.2, -0.15) is 0 Å². The predicted octanol–water partition coefficient (Wildman–Crippen LogP) is 3.70. The van der Waals surface area contributed by atoms with E-state index < -0.39 is 17.8 Å². The maximum Gasteiger partial charge on any atom is 0.126 e. The number of aryl methyl sites for hydroxylation is 2. The van der Waals surface area contributed by atoms with E-state index in [1.54, 1.807) is 6.07 Å². The quantitative estimate of drug-likeness (QED) is 0.829. The first kappa shape index (κ1) is 19.0. The molecule has 0 radical (unpaired) electrons. The molecule has 1 spiro atoms. The molecule has 0 unspecified atom stereocenters. The first-order valence-electron chi connectivity index (χ1n) is 10.7. The van der Waals surface area contributed by atoms with Crippen molar-refractivity contribution in [2.75, 3.05) is 19.6 Å². The molecule has 5 rings (SSSR count). The van der Waals surface area contributed by atoms with E-state index in [1.807, 2.05) is 0 Å². The zero-order valence-corrected chi connectivity index (χ0v) is 16.6. The van der Waals surface area contributed by atoms with E-state index in [-0.39, 0.29) is 5.82 Å². The Labute approximate surface area is 170 Å². The Kier molecular flexibility index (Phi) is 4.85. The number of β-amino-alcohol motifs (C(OH)–C–C–N with tert-alkyl or cyclic N) is 1. The van der Waals surface area contributed by atoms with Gasteiger partial charge in [0, 0.05) is 31.6 Å². The van der Waals surface area contributed by atoms with E-state index in [1.165, 1.54) is 29.7 Å². The lowest BCUT2D eigenvalue weighted by molar-refractivity contribution is -0.0589. The van der Waals surface area contributed by atoms with Crippen LogP contribution in [0.4, 0.5) is 4.39 Å². The van der Waals surface area contributed by atoms with Gasteiger partial charge in [-0.1, -0.05) is 18.2 Å². The number of benzene rings is 2. The highest BCUT2D eigenvalue weighted by molar-refractivity contribution is 5.39. The normalized spacial score (nSPS) is 24.0. The topological polar surface area (TPSA) is 52.9 Å². The van der Waals surface area contributed by atoms with Crippen molar-refractivity contribution in [1.82, 2.24) is 4.90 Å². The Balaban J connectivity index is 1.22. The van der Waals surface area contributed by atoms with Gasteiger partial charge in [0.2, 0.25) is 0 Å². The van der Waals surface area contributed by atoms with E-state index in [9.17, 15) is 14.6 Å². The molecule has 1 aliphatic carbocycles. The number of piperidine rings is 1. The molecule has 0 saturated carbocycles. The van der Waals surface area contributed by atoms with Gasteiger partial charge in [0.1, 0.15) is 17.2 Å². The van der Waals surface area contributed by atoms with Gasteiger partial charge in [0.05, 0.1) is 12.2 Å². The number of hydrogen-bond donors (Lipinski definition) is 2. The highest BCUT2D eigenvalue weighted by Gasteiger charge is 2.43. The fourth-order valence-electron chi connectivity index (χ4n) is 5.21. The number of halogens is 1. The van der Waals surface area contributed by atoms with E-state index >= 15 is 0 Å². The Hall–Kier alpha value is -1.95. The number of likely N-dealkylation sites (tertiary alicyclic amines) is 1. The van der Waals surface area contributed by atoms with Gasteiger partial charge in [-0.05, 0) is 67.0 Å². The molecular weight excluding hydrogens is 369 g/mol. The van der Waals surface area contributed by atoms with Crippen LogP contribution in [0.3, 0.4) is 0 Å². The number of fused-ring (bicyclic) bond motifs is 2. The van der Waals surface area contributed by atoms with Gasteiger partial charge in [0.25, 0.3) is 0 Å².